The molecule has 0 saturated heterocycles. The number of rotatable bonds is 7. The van der Waals surface area contributed by atoms with E-state index in [1.54, 1.807) is 6.92 Å². The van der Waals surface area contributed by atoms with Gasteiger partial charge >= 0.3 is 0 Å². The first-order valence-electron chi connectivity index (χ1n) is 6.00. The zero-order valence-electron chi connectivity index (χ0n) is 11.7. The molecule has 0 bridgehead atoms. The first kappa shape index (κ1) is 16.5. The molecule has 0 radical (unpaired) electrons. The Morgan fingerprint density at radius 1 is 1.30 bits per heavy atom. The lowest BCUT2D eigenvalue weighted by molar-refractivity contribution is 0.275. The summed E-state index contributed by atoms with van der Waals surface area (Å²) in [6.07, 6.45) is 0.313. The van der Waals surface area contributed by atoms with Gasteiger partial charge in [0.2, 0.25) is 10.0 Å². The largest absolute Gasteiger partial charge is 0.495 e. The van der Waals surface area contributed by atoms with Crippen LogP contribution in [0.25, 0.3) is 0 Å². The summed E-state index contributed by atoms with van der Waals surface area (Å²) in [4.78, 5) is -0.0666. The van der Waals surface area contributed by atoms with E-state index in [-0.39, 0.29) is 22.9 Å². The van der Waals surface area contributed by atoms with Gasteiger partial charge in [-0.2, -0.15) is 0 Å². The van der Waals surface area contributed by atoms with E-state index in [1.165, 1.54) is 26.4 Å². The molecule has 1 aromatic carbocycles. The molecule has 8 heteroatoms. The molecule has 7 nitrogen and oxygen atoms in total. The predicted molar refractivity (Wildman–Crippen MR) is 75.4 cm³/mol. The van der Waals surface area contributed by atoms with Crippen molar-refractivity contribution in [1.29, 1.82) is 0 Å². The van der Waals surface area contributed by atoms with Gasteiger partial charge in [0.15, 0.2) is 0 Å². The Morgan fingerprint density at radius 3 is 2.40 bits per heavy atom. The Balaban J connectivity index is 3.20. The van der Waals surface area contributed by atoms with Crippen LogP contribution in [0.4, 0.5) is 5.69 Å². The number of aliphatic hydroxyl groups excluding tert-OH is 1. The lowest BCUT2D eigenvalue weighted by Crippen LogP contribution is -2.33. The molecule has 1 atom stereocenters. The third kappa shape index (κ3) is 3.75. The van der Waals surface area contributed by atoms with Crippen molar-refractivity contribution in [3.8, 4) is 11.5 Å². The second kappa shape index (κ2) is 6.78. The summed E-state index contributed by atoms with van der Waals surface area (Å²) in [7, 11) is -1.000. The molecule has 0 aliphatic carbocycles. The highest BCUT2D eigenvalue weighted by atomic mass is 32.2. The number of aliphatic hydroxyl groups is 1. The lowest BCUT2D eigenvalue weighted by Gasteiger charge is -2.16. The highest BCUT2D eigenvalue weighted by Gasteiger charge is 2.23. The number of nitrogens with one attached hydrogen (secondary N) is 1. The molecule has 0 heterocycles. The van der Waals surface area contributed by atoms with Crippen LogP contribution in [0.1, 0.15) is 13.3 Å². The van der Waals surface area contributed by atoms with Gasteiger partial charge in [-0.1, -0.05) is 0 Å². The number of hydrogen-bond donors (Lipinski definition) is 3. The van der Waals surface area contributed by atoms with Crippen molar-refractivity contribution >= 4 is 15.7 Å². The fraction of sp³-hybridized carbons (Fsp3) is 0.500. The van der Waals surface area contributed by atoms with Crippen molar-refractivity contribution in [2.75, 3.05) is 26.6 Å². The third-order valence-electron chi connectivity index (χ3n) is 2.72. The van der Waals surface area contributed by atoms with E-state index < -0.39 is 16.1 Å². The van der Waals surface area contributed by atoms with Crippen LogP contribution in [-0.2, 0) is 10.0 Å². The number of anilines is 1. The van der Waals surface area contributed by atoms with Crippen molar-refractivity contribution in [2.24, 2.45) is 0 Å². The molecule has 0 saturated carbocycles. The van der Waals surface area contributed by atoms with Crippen LogP contribution in [0, 0.1) is 0 Å². The molecule has 1 rings (SSSR count). The van der Waals surface area contributed by atoms with E-state index >= 15 is 0 Å². The highest BCUT2D eigenvalue weighted by Crippen LogP contribution is 2.33. The van der Waals surface area contributed by atoms with Crippen LogP contribution >= 0.6 is 0 Å². The topological polar surface area (TPSA) is 111 Å². The van der Waals surface area contributed by atoms with Gasteiger partial charge in [0.1, 0.15) is 16.4 Å². The molecule has 0 aliphatic rings. The highest BCUT2D eigenvalue weighted by molar-refractivity contribution is 7.89. The molecular formula is C12H20N2O5S. The molecule has 0 aliphatic heterocycles. The van der Waals surface area contributed by atoms with Gasteiger partial charge in [0, 0.05) is 18.7 Å². The Hall–Kier alpha value is -1.51. The predicted octanol–water partition coefficient (Wildman–Crippen LogP) is 0.335. The minimum Gasteiger partial charge on any atom is -0.495 e. The third-order valence-corrected chi connectivity index (χ3v) is 4.33. The fourth-order valence-corrected chi connectivity index (χ4v) is 3.15. The molecule has 4 N–H and O–H groups in total. The Morgan fingerprint density at radius 2 is 1.90 bits per heavy atom. The van der Waals surface area contributed by atoms with Crippen molar-refractivity contribution in [3.05, 3.63) is 12.1 Å². The van der Waals surface area contributed by atoms with Crippen molar-refractivity contribution in [2.45, 2.75) is 24.3 Å². The molecule has 114 valence electrons. The Bertz CT molecular complexity index is 559. The Labute approximate surface area is 118 Å². The van der Waals surface area contributed by atoms with E-state index in [0.717, 1.165) is 0 Å². The maximum atomic E-state index is 12.3. The summed E-state index contributed by atoms with van der Waals surface area (Å²) < 4.78 is 37.1. The van der Waals surface area contributed by atoms with Crippen LogP contribution in [0.5, 0.6) is 11.5 Å². The van der Waals surface area contributed by atoms with Crippen molar-refractivity contribution in [1.82, 2.24) is 4.72 Å². The zero-order valence-corrected chi connectivity index (χ0v) is 12.5. The fourth-order valence-electron chi connectivity index (χ4n) is 1.68. The zero-order chi connectivity index (χ0) is 15.3. The molecule has 1 unspecified atom stereocenters. The van der Waals surface area contributed by atoms with Crippen molar-refractivity contribution < 1.29 is 23.0 Å². The maximum Gasteiger partial charge on any atom is 0.244 e. The molecule has 0 aromatic heterocycles. The van der Waals surface area contributed by atoms with Crippen LogP contribution in [0.2, 0.25) is 0 Å². The van der Waals surface area contributed by atoms with E-state index in [1.807, 2.05) is 0 Å². The second-order valence-electron chi connectivity index (χ2n) is 4.28. The van der Waals surface area contributed by atoms with Gasteiger partial charge < -0.3 is 20.3 Å². The van der Waals surface area contributed by atoms with Gasteiger partial charge in [-0.3, -0.25) is 0 Å². The summed E-state index contributed by atoms with van der Waals surface area (Å²) >= 11 is 0. The van der Waals surface area contributed by atoms with Gasteiger partial charge in [0.25, 0.3) is 0 Å². The summed E-state index contributed by atoms with van der Waals surface area (Å²) in [6, 6.07) is 2.30. The lowest BCUT2D eigenvalue weighted by atomic mass is 10.3. The normalized spacial score (nSPS) is 13.0. The van der Waals surface area contributed by atoms with Gasteiger partial charge in [0.05, 0.1) is 19.9 Å². The van der Waals surface area contributed by atoms with Crippen LogP contribution in [0.3, 0.4) is 0 Å². The number of methoxy groups -OCH3 is 2. The van der Waals surface area contributed by atoms with E-state index in [2.05, 4.69) is 4.72 Å². The van der Waals surface area contributed by atoms with E-state index in [4.69, 9.17) is 20.3 Å². The summed E-state index contributed by atoms with van der Waals surface area (Å²) in [5.41, 5.74) is 5.93. The van der Waals surface area contributed by atoms with E-state index in [9.17, 15) is 8.42 Å². The number of nitrogen functional groups attached to an aromatic ring is 1. The smallest absolute Gasteiger partial charge is 0.244 e. The Kier molecular flexibility index (Phi) is 5.61. The number of ether oxygens (including phenoxy) is 2. The first-order valence-corrected chi connectivity index (χ1v) is 7.48. The van der Waals surface area contributed by atoms with Gasteiger partial charge in [-0.05, 0) is 19.4 Å². The number of nitrogens with two attached hydrogens (primary N) is 1. The monoisotopic (exact) mass is 304 g/mol. The van der Waals surface area contributed by atoms with Gasteiger partial charge in [-0.15, -0.1) is 0 Å². The van der Waals surface area contributed by atoms with Crippen molar-refractivity contribution in [3.63, 3.8) is 0 Å². The summed E-state index contributed by atoms with van der Waals surface area (Å²) in [6.45, 7) is 1.55. The molecule has 0 fully saturated rings. The van der Waals surface area contributed by atoms with Gasteiger partial charge in [-0.25, -0.2) is 13.1 Å². The molecular weight excluding hydrogens is 284 g/mol. The number of hydrogen-bond acceptors (Lipinski definition) is 6. The van der Waals surface area contributed by atoms with Crippen LogP contribution in [-0.4, -0.2) is 40.4 Å². The first-order chi connectivity index (χ1) is 9.35. The molecule has 0 spiro atoms. The molecule has 0 amide bonds. The standard InChI is InChI=1S/C12H20N2O5S/c1-8(4-5-15)14-20(16,17)12-6-9(13)10(18-2)7-11(12)19-3/h6-8,14-15H,4-5,13H2,1-3H3. The summed E-state index contributed by atoms with van der Waals surface area (Å²) in [5.74, 6) is 0.476. The molecule has 20 heavy (non-hydrogen) atoms. The van der Waals surface area contributed by atoms with Crippen LogP contribution in [0.15, 0.2) is 17.0 Å². The SMILES string of the molecule is COc1cc(OC)c(S(=O)(=O)NC(C)CCO)cc1N. The average molecular weight is 304 g/mol. The number of benzene rings is 1. The summed E-state index contributed by atoms with van der Waals surface area (Å²) in [5, 5.41) is 8.82. The minimum atomic E-state index is -3.79. The maximum absolute atomic E-state index is 12.3. The second-order valence-corrected chi connectivity index (χ2v) is 5.96. The minimum absolute atomic E-state index is 0.0666. The molecule has 1 aromatic rings. The quantitative estimate of drug-likeness (QED) is 0.626. The van der Waals surface area contributed by atoms with E-state index in [0.29, 0.717) is 12.2 Å². The average Bonchev–Trinajstić information content (AvgIpc) is 2.38. The van der Waals surface area contributed by atoms with Crippen LogP contribution < -0.4 is 19.9 Å². The number of sulfonamides is 1.